The molecule has 0 aliphatic carbocycles. The number of rotatable bonds is 9. The monoisotopic (exact) mass is 504 g/mol. The number of esters is 1. The number of ether oxygens (including phenoxy) is 3. The van der Waals surface area contributed by atoms with Gasteiger partial charge in [-0.3, -0.25) is 0 Å². The van der Waals surface area contributed by atoms with Gasteiger partial charge in [-0.2, -0.15) is 0 Å². The van der Waals surface area contributed by atoms with Crippen molar-refractivity contribution in [2.75, 3.05) is 13.2 Å². The highest BCUT2D eigenvalue weighted by molar-refractivity contribution is 5.91. The number of benzene rings is 4. The van der Waals surface area contributed by atoms with Crippen LogP contribution in [0.2, 0.25) is 0 Å². The zero-order chi connectivity index (χ0) is 26.4. The van der Waals surface area contributed by atoms with Gasteiger partial charge in [0.25, 0.3) is 0 Å². The van der Waals surface area contributed by atoms with Gasteiger partial charge in [-0.1, -0.05) is 49.1 Å². The zero-order valence-electron chi connectivity index (χ0n) is 20.0. The zero-order valence-corrected chi connectivity index (χ0v) is 20.0. The average Bonchev–Trinajstić information content (AvgIpc) is 2.91. The number of hydrogen-bond acceptors (Lipinski definition) is 4. The highest BCUT2D eigenvalue weighted by Gasteiger charge is 2.18. The lowest BCUT2D eigenvalue weighted by Crippen LogP contribution is -2.09. The third-order valence-corrected chi connectivity index (χ3v) is 5.46. The molecule has 0 saturated carbocycles. The summed E-state index contributed by atoms with van der Waals surface area (Å²) in [5.41, 5.74) is 1.14. The first-order valence-electron chi connectivity index (χ1n) is 11.5. The summed E-state index contributed by atoms with van der Waals surface area (Å²) in [4.78, 5) is 12.5. The third-order valence-electron chi connectivity index (χ3n) is 5.46. The average molecular weight is 505 g/mol. The Morgan fingerprint density at radius 1 is 0.784 bits per heavy atom. The number of carbonyl (C=O) groups excluding carboxylic acids is 1. The van der Waals surface area contributed by atoms with Crippen molar-refractivity contribution in [2.24, 2.45) is 0 Å². The van der Waals surface area contributed by atoms with Crippen LogP contribution in [-0.2, 0) is 0 Å². The fraction of sp³-hybridized carbons (Fsp3) is 0.100. The molecule has 4 nitrogen and oxygen atoms in total. The molecule has 0 aromatic heterocycles. The van der Waals surface area contributed by atoms with Crippen LogP contribution in [0.3, 0.4) is 0 Å². The molecule has 0 N–H and O–H groups in total. The molecule has 0 fully saturated rings. The number of hydrogen-bond donors (Lipinski definition) is 0. The Bertz CT molecular complexity index is 1410. The topological polar surface area (TPSA) is 44.8 Å². The lowest BCUT2D eigenvalue weighted by atomic mass is 9.98. The van der Waals surface area contributed by atoms with Gasteiger partial charge < -0.3 is 14.2 Å². The molecule has 0 aliphatic heterocycles. The summed E-state index contributed by atoms with van der Waals surface area (Å²) in [6.45, 7) is 6.09. The Balaban J connectivity index is 1.50. The summed E-state index contributed by atoms with van der Waals surface area (Å²) < 4.78 is 59.9. The van der Waals surface area contributed by atoms with Crippen molar-refractivity contribution in [3.8, 4) is 39.5 Å². The Hall–Kier alpha value is -4.52. The van der Waals surface area contributed by atoms with E-state index >= 15 is 0 Å². The molecule has 0 amide bonds. The maximum atomic E-state index is 15.0. The van der Waals surface area contributed by atoms with Crippen LogP contribution < -0.4 is 14.2 Å². The lowest BCUT2D eigenvalue weighted by molar-refractivity contribution is 0.0727. The van der Waals surface area contributed by atoms with Crippen LogP contribution in [0.5, 0.6) is 17.2 Å². The van der Waals surface area contributed by atoms with Crippen LogP contribution in [0.1, 0.15) is 17.3 Å². The molecule has 0 radical (unpaired) electrons. The van der Waals surface area contributed by atoms with Crippen LogP contribution in [0.4, 0.5) is 13.2 Å². The number of halogens is 3. The fourth-order valence-corrected chi connectivity index (χ4v) is 3.65. The molecule has 188 valence electrons. The minimum atomic E-state index is -1.01. The van der Waals surface area contributed by atoms with Crippen molar-refractivity contribution < 1.29 is 32.2 Å². The quantitative estimate of drug-likeness (QED) is 0.134. The second-order valence-corrected chi connectivity index (χ2v) is 7.90. The summed E-state index contributed by atoms with van der Waals surface area (Å²) in [6.07, 6.45) is 1.52. The van der Waals surface area contributed by atoms with Crippen LogP contribution >= 0.6 is 0 Å². The lowest BCUT2D eigenvalue weighted by Gasteiger charge is -2.11. The molecule has 0 saturated heterocycles. The molecular weight excluding hydrogens is 481 g/mol. The fourth-order valence-electron chi connectivity index (χ4n) is 3.65. The van der Waals surface area contributed by atoms with Crippen LogP contribution in [0.25, 0.3) is 22.3 Å². The van der Waals surface area contributed by atoms with E-state index in [0.29, 0.717) is 23.5 Å². The van der Waals surface area contributed by atoms with Gasteiger partial charge >= 0.3 is 5.97 Å². The van der Waals surface area contributed by atoms with Gasteiger partial charge in [-0.25, -0.2) is 18.0 Å². The highest BCUT2D eigenvalue weighted by atomic mass is 19.2. The van der Waals surface area contributed by atoms with Crippen molar-refractivity contribution in [2.45, 2.75) is 6.92 Å². The van der Waals surface area contributed by atoms with E-state index in [1.807, 2.05) is 6.92 Å². The van der Waals surface area contributed by atoms with Gasteiger partial charge in [-0.15, -0.1) is 0 Å². The maximum absolute atomic E-state index is 15.0. The predicted octanol–water partition coefficient (Wildman–Crippen LogP) is 7.62. The van der Waals surface area contributed by atoms with Gasteiger partial charge in [0.15, 0.2) is 23.2 Å². The summed E-state index contributed by atoms with van der Waals surface area (Å²) in [7, 11) is 0. The molecule has 0 aliphatic rings. The van der Waals surface area contributed by atoms with E-state index in [4.69, 9.17) is 14.2 Å². The van der Waals surface area contributed by atoms with Crippen molar-refractivity contribution in [3.05, 3.63) is 115 Å². The van der Waals surface area contributed by atoms with E-state index in [1.54, 1.807) is 24.3 Å². The first-order chi connectivity index (χ1) is 17.9. The first-order valence-corrected chi connectivity index (χ1v) is 11.5. The van der Waals surface area contributed by atoms with Crippen molar-refractivity contribution in [1.82, 2.24) is 0 Å². The Labute approximate surface area is 212 Å². The summed E-state index contributed by atoms with van der Waals surface area (Å²) >= 11 is 0. The van der Waals surface area contributed by atoms with Gasteiger partial charge in [0.05, 0.1) is 12.2 Å². The largest absolute Gasteiger partial charge is 0.494 e. The van der Waals surface area contributed by atoms with Gasteiger partial charge in [0, 0.05) is 17.2 Å². The van der Waals surface area contributed by atoms with Crippen molar-refractivity contribution >= 4 is 5.97 Å². The van der Waals surface area contributed by atoms with E-state index < -0.39 is 23.4 Å². The van der Waals surface area contributed by atoms with Crippen molar-refractivity contribution in [3.63, 3.8) is 0 Å². The summed E-state index contributed by atoms with van der Waals surface area (Å²) in [6, 6.07) is 19.3. The highest BCUT2D eigenvalue weighted by Crippen LogP contribution is 2.32. The normalized spacial score (nSPS) is 10.6. The molecule has 0 unspecified atom stereocenters. The molecule has 37 heavy (non-hydrogen) atoms. The molecule has 0 bridgehead atoms. The molecule has 4 aromatic rings. The summed E-state index contributed by atoms with van der Waals surface area (Å²) in [5, 5.41) is 0. The van der Waals surface area contributed by atoms with E-state index in [-0.39, 0.29) is 34.8 Å². The maximum Gasteiger partial charge on any atom is 0.343 e. The Morgan fingerprint density at radius 2 is 1.35 bits per heavy atom. The molecule has 4 rings (SSSR count). The Morgan fingerprint density at radius 3 is 1.89 bits per heavy atom. The minimum Gasteiger partial charge on any atom is -0.494 e. The SMILES string of the molecule is C=CCOc1ccc(OC(=O)c2ccc(-c3ccc(-c4ccc(OCC)cc4)c(F)c3F)cc2)c(F)c1. The molecule has 7 heteroatoms. The van der Waals surface area contributed by atoms with Crippen LogP contribution in [0, 0.1) is 17.5 Å². The predicted molar refractivity (Wildman–Crippen MR) is 135 cm³/mol. The second-order valence-electron chi connectivity index (χ2n) is 7.90. The van der Waals surface area contributed by atoms with Crippen LogP contribution in [0.15, 0.2) is 91.5 Å². The molecule has 0 heterocycles. The van der Waals surface area contributed by atoms with Gasteiger partial charge in [0.2, 0.25) is 0 Å². The number of carbonyl (C=O) groups is 1. The molecule has 0 spiro atoms. The van der Waals surface area contributed by atoms with Crippen molar-refractivity contribution in [1.29, 1.82) is 0 Å². The van der Waals surface area contributed by atoms with E-state index in [2.05, 4.69) is 6.58 Å². The summed E-state index contributed by atoms with van der Waals surface area (Å²) in [5.74, 6) is -2.93. The van der Waals surface area contributed by atoms with Gasteiger partial charge in [-0.05, 0) is 54.4 Å². The third kappa shape index (κ3) is 5.83. The molecular formula is C30H23F3O4. The van der Waals surface area contributed by atoms with E-state index in [0.717, 1.165) is 6.07 Å². The first kappa shape index (κ1) is 25.6. The van der Waals surface area contributed by atoms with Crippen LogP contribution in [-0.4, -0.2) is 19.2 Å². The van der Waals surface area contributed by atoms with Gasteiger partial charge in [0.1, 0.15) is 18.1 Å². The second kappa shape index (κ2) is 11.5. The Kier molecular flexibility index (Phi) is 7.93. The molecule has 4 aromatic carbocycles. The molecule has 0 atom stereocenters. The standard InChI is InChI=1S/C30H23F3O4/c1-3-17-36-23-13-16-27(26(31)18-23)37-30(34)21-7-5-19(6-8-21)24-14-15-25(29(33)28(24)32)20-9-11-22(12-10-20)35-4-2/h3,5-16,18H,1,4,17H2,2H3. The van der Waals surface area contributed by atoms with E-state index in [1.165, 1.54) is 54.6 Å². The smallest absolute Gasteiger partial charge is 0.343 e. The minimum absolute atomic E-state index is 0.0354. The van der Waals surface area contributed by atoms with E-state index in [9.17, 15) is 18.0 Å².